The molecule has 3 heterocycles. The summed E-state index contributed by atoms with van der Waals surface area (Å²) in [5, 5.41) is 4.42. The number of ether oxygens (including phenoxy) is 2. The van der Waals surface area contributed by atoms with Gasteiger partial charge in [-0.2, -0.15) is 5.10 Å². The van der Waals surface area contributed by atoms with E-state index < -0.39 is 0 Å². The van der Waals surface area contributed by atoms with Gasteiger partial charge in [-0.3, -0.25) is 0 Å². The summed E-state index contributed by atoms with van der Waals surface area (Å²) in [5.41, 5.74) is 2.18. The lowest BCUT2D eigenvalue weighted by molar-refractivity contribution is 0.216. The highest BCUT2D eigenvalue weighted by molar-refractivity contribution is 5.35. The number of benzene rings is 1. The molecule has 0 spiro atoms. The van der Waals surface area contributed by atoms with Crippen LogP contribution < -0.4 is 9.47 Å². The predicted molar refractivity (Wildman–Crippen MR) is 107 cm³/mol. The lowest BCUT2D eigenvalue weighted by Gasteiger charge is -2.32. The van der Waals surface area contributed by atoms with Crippen LogP contribution in [0.2, 0.25) is 0 Å². The van der Waals surface area contributed by atoms with E-state index in [-0.39, 0.29) is 6.17 Å². The van der Waals surface area contributed by atoms with E-state index in [2.05, 4.69) is 21.1 Å². The van der Waals surface area contributed by atoms with Gasteiger partial charge in [0.25, 0.3) is 0 Å². The Bertz CT molecular complexity index is 978. The second-order valence-electron chi connectivity index (χ2n) is 6.53. The summed E-state index contributed by atoms with van der Waals surface area (Å²) in [5.74, 6) is 2.25. The molecular weight excluding hydrogens is 352 g/mol. The van der Waals surface area contributed by atoms with Crippen molar-refractivity contribution in [2.75, 3.05) is 7.11 Å². The first kappa shape index (κ1) is 17.9. The zero-order chi connectivity index (χ0) is 19.3. The van der Waals surface area contributed by atoms with Gasteiger partial charge in [-0.05, 0) is 36.3 Å². The van der Waals surface area contributed by atoms with Crippen molar-refractivity contribution in [3.8, 4) is 11.6 Å². The molecule has 0 N–H and O–H groups in total. The number of aromatic nitrogens is 3. The minimum Gasteiger partial charge on any atom is -0.481 e. The van der Waals surface area contributed by atoms with Crippen molar-refractivity contribution in [1.82, 2.24) is 19.7 Å². The molecule has 0 radical (unpaired) electrons. The predicted octanol–water partition coefficient (Wildman–Crippen LogP) is 4.09. The van der Waals surface area contributed by atoms with E-state index in [0.717, 1.165) is 22.6 Å². The van der Waals surface area contributed by atoms with Gasteiger partial charge >= 0.3 is 0 Å². The Balaban J connectivity index is 1.57. The number of pyridine rings is 1. The largest absolute Gasteiger partial charge is 0.481 e. The van der Waals surface area contributed by atoms with Crippen LogP contribution in [0, 0.1) is 6.92 Å². The van der Waals surface area contributed by atoms with E-state index in [0.29, 0.717) is 12.4 Å². The van der Waals surface area contributed by atoms with E-state index >= 15 is 0 Å². The Labute approximate surface area is 164 Å². The molecule has 3 aromatic rings. The molecule has 28 heavy (non-hydrogen) atoms. The maximum Gasteiger partial charge on any atom is 0.212 e. The van der Waals surface area contributed by atoms with Crippen LogP contribution >= 0.6 is 0 Å². The Morgan fingerprint density at radius 3 is 2.71 bits per heavy atom. The fraction of sp³-hybridized carbons (Fsp3) is 0.182. The summed E-state index contributed by atoms with van der Waals surface area (Å²) < 4.78 is 13.2. The fourth-order valence-corrected chi connectivity index (χ4v) is 3.07. The molecule has 1 aromatic carbocycles. The highest BCUT2D eigenvalue weighted by Crippen LogP contribution is 2.27. The van der Waals surface area contributed by atoms with Crippen LogP contribution in [0.25, 0.3) is 0 Å². The van der Waals surface area contributed by atoms with E-state index in [4.69, 9.17) is 9.47 Å². The smallest absolute Gasteiger partial charge is 0.212 e. The maximum atomic E-state index is 6.12. The van der Waals surface area contributed by atoms with Crippen LogP contribution in [0.4, 0.5) is 0 Å². The van der Waals surface area contributed by atoms with E-state index in [1.54, 1.807) is 13.3 Å². The quantitative estimate of drug-likeness (QED) is 0.651. The van der Waals surface area contributed by atoms with E-state index in [1.165, 1.54) is 0 Å². The topological polar surface area (TPSA) is 52.4 Å². The molecule has 2 aromatic heterocycles. The Morgan fingerprint density at radius 2 is 2.00 bits per heavy atom. The summed E-state index contributed by atoms with van der Waals surface area (Å²) in [6, 6.07) is 13.8. The van der Waals surface area contributed by atoms with Crippen LogP contribution in [-0.4, -0.2) is 26.8 Å². The van der Waals surface area contributed by atoms with Gasteiger partial charge in [0.15, 0.2) is 0 Å². The molecule has 1 aliphatic heterocycles. The average Bonchev–Trinajstić information content (AvgIpc) is 3.26. The zero-order valence-electron chi connectivity index (χ0n) is 15.9. The molecule has 6 nitrogen and oxygen atoms in total. The summed E-state index contributed by atoms with van der Waals surface area (Å²) in [6.07, 6.45) is 11.5. The third kappa shape index (κ3) is 3.91. The van der Waals surface area contributed by atoms with E-state index in [9.17, 15) is 0 Å². The molecule has 0 amide bonds. The van der Waals surface area contributed by atoms with Crippen LogP contribution in [0.15, 0.2) is 85.2 Å². The fourth-order valence-electron chi connectivity index (χ4n) is 3.07. The SMILES string of the molecule is COc1ccc(CN2C=CC(Oc3ccccc3C)=CC2n2cccn2)cn1. The highest BCUT2D eigenvalue weighted by Gasteiger charge is 2.21. The second-order valence-corrected chi connectivity index (χ2v) is 6.53. The minimum absolute atomic E-state index is 0.0962. The molecule has 4 rings (SSSR count). The summed E-state index contributed by atoms with van der Waals surface area (Å²) in [4.78, 5) is 6.48. The van der Waals surface area contributed by atoms with Gasteiger partial charge < -0.3 is 14.4 Å². The van der Waals surface area contributed by atoms with Crippen molar-refractivity contribution >= 4 is 0 Å². The highest BCUT2D eigenvalue weighted by atomic mass is 16.5. The Hall–Kier alpha value is -3.54. The summed E-state index contributed by atoms with van der Waals surface area (Å²) >= 11 is 0. The average molecular weight is 374 g/mol. The molecule has 142 valence electrons. The first-order chi connectivity index (χ1) is 13.7. The monoisotopic (exact) mass is 374 g/mol. The number of allylic oxidation sites excluding steroid dienone is 1. The van der Waals surface area contributed by atoms with Crippen molar-refractivity contribution in [3.63, 3.8) is 0 Å². The van der Waals surface area contributed by atoms with Crippen molar-refractivity contribution in [3.05, 3.63) is 96.3 Å². The molecule has 0 saturated heterocycles. The van der Waals surface area contributed by atoms with Crippen LogP contribution in [0.3, 0.4) is 0 Å². The first-order valence-corrected chi connectivity index (χ1v) is 9.10. The van der Waals surface area contributed by atoms with Gasteiger partial charge in [0, 0.05) is 43.5 Å². The number of para-hydroxylation sites is 1. The normalized spacial score (nSPS) is 16.0. The molecule has 0 bridgehead atoms. The molecule has 0 saturated carbocycles. The van der Waals surface area contributed by atoms with Crippen molar-refractivity contribution in [2.24, 2.45) is 0 Å². The van der Waals surface area contributed by atoms with Crippen LogP contribution in [0.5, 0.6) is 11.6 Å². The zero-order valence-corrected chi connectivity index (χ0v) is 15.9. The molecule has 1 aliphatic rings. The van der Waals surface area contributed by atoms with Gasteiger partial charge in [-0.1, -0.05) is 24.3 Å². The molecule has 6 heteroatoms. The standard InChI is InChI=1S/C22H22N4O2/c1-17-6-3-4-7-20(17)28-19-10-13-25(22(14-19)26-12-5-11-24-26)16-18-8-9-21(27-2)23-15-18/h3-15,22H,16H2,1-2H3. The number of aryl methyl sites for hydroxylation is 1. The third-order valence-corrected chi connectivity index (χ3v) is 4.57. The molecule has 0 fully saturated rings. The summed E-state index contributed by atoms with van der Waals surface area (Å²) in [7, 11) is 1.61. The van der Waals surface area contributed by atoms with Crippen LogP contribution in [0.1, 0.15) is 17.3 Å². The van der Waals surface area contributed by atoms with Gasteiger partial charge in [0.2, 0.25) is 5.88 Å². The lowest BCUT2D eigenvalue weighted by Crippen LogP contribution is -2.29. The van der Waals surface area contributed by atoms with Crippen molar-refractivity contribution in [1.29, 1.82) is 0 Å². The second kappa shape index (κ2) is 8.00. The first-order valence-electron chi connectivity index (χ1n) is 9.10. The number of hydrogen-bond acceptors (Lipinski definition) is 5. The van der Waals surface area contributed by atoms with Gasteiger partial charge in [0.1, 0.15) is 17.7 Å². The molecular formula is C22H22N4O2. The Morgan fingerprint density at radius 1 is 1.11 bits per heavy atom. The number of methoxy groups -OCH3 is 1. The number of rotatable bonds is 6. The third-order valence-electron chi connectivity index (χ3n) is 4.57. The molecule has 1 atom stereocenters. The minimum atomic E-state index is -0.0962. The van der Waals surface area contributed by atoms with Crippen LogP contribution in [-0.2, 0) is 6.54 Å². The van der Waals surface area contributed by atoms with Gasteiger partial charge in [-0.25, -0.2) is 9.67 Å². The number of nitrogens with zero attached hydrogens (tertiary/aromatic N) is 4. The lowest BCUT2D eigenvalue weighted by atomic mass is 10.2. The molecule has 1 unspecified atom stereocenters. The molecule has 0 aliphatic carbocycles. The number of hydrogen-bond donors (Lipinski definition) is 0. The van der Waals surface area contributed by atoms with Gasteiger partial charge in [-0.15, -0.1) is 0 Å². The maximum absolute atomic E-state index is 6.12. The van der Waals surface area contributed by atoms with Crippen molar-refractivity contribution in [2.45, 2.75) is 19.6 Å². The summed E-state index contributed by atoms with van der Waals surface area (Å²) in [6.45, 7) is 2.72. The Kier molecular flexibility index (Phi) is 5.10. The van der Waals surface area contributed by atoms with Gasteiger partial charge in [0.05, 0.1) is 7.11 Å². The van der Waals surface area contributed by atoms with Crippen molar-refractivity contribution < 1.29 is 9.47 Å². The van der Waals surface area contributed by atoms with E-state index in [1.807, 2.05) is 78.7 Å².